The van der Waals surface area contributed by atoms with Gasteiger partial charge in [-0.1, -0.05) is 19.8 Å². The summed E-state index contributed by atoms with van der Waals surface area (Å²) < 4.78 is 10.3. The number of methoxy groups -OCH3 is 2. The van der Waals surface area contributed by atoms with Crippen LogP contribution in [0.3, 0.4) is 0 Å². The van der Waals surface area contributed by atoms with E-state index in [2.05, 4.69) is 17.6 Å². The van der Waals surface area contributed by atoms with E-state index < -0.39 is 11.8 Å². The average Bonchev–Trinajstić information content (AvgIpc) is 2.57. The smallest absolute Gasteiger partial charge is 0.313 e. The lowest BCUT2D eigenvalue weighted by molar-refractivity contribution is -0.137. The van der Waals surface area contributed by atoms with Crippen molar-refractivity contribution in [3.63, 3.8) is 0 Å². The van der Waals surface area contributed by atoms with Crippen LogP contribution < -0.4 is 20.1 Å². The maximum absolute atomic E-state index is 12.1. The van der Waals surface area contributed by atoms with E-state index in [0.29, 0.717) is 23.1 Å². The highest BCUT2D eigenvalue weighted by molar-refractivity contribution is 6.39. The van der Waals surface area contributed by atoms with Crippen molar-refractivity contribution >= 4 is 17.5 Å². The normalized spacial score (nSPS) is 20.5. The lowest BCUT2D eigenvalue weighted by atomic mass is 9.86. The van der Waals surface area contributed by atoms with Gasteiger partial charge in [0, 0.05) is 12.1 Å². The van der Waals surface area contributed by atoms with Gasteiger partial charge < -0.3 is 20.1 Å². The van der Waals surface area contributed by atoms with Gasteiger partial charge in [-0.05, 0) is 30.9 Å². The van der Waals surface area contributed by atoms with Gasteiger partial charge in [-0.25, -0.2) is 0 Å². The third-order valence-electron chi connectivity index (χ3n) is 4.29. The molecule has 2 amide bonds. The maximum atomic E-state index is 12.1. The minimum Gasteiger partial charge on any atom is -0.497 e. The molecule has 23 heavy (non-hydrogen) atoms. The Balaban J connectivity index is 1.99. The van der Waals surface area contributed by atoms with Gasteiger partial charge >= 0.3 is 11.8 Å². The predicted octanol–water partition coefficient (Wildman–Crippen LogP) is 2.34. The Kier molecular flexibility index (Phi) is 5.84. The van der Waals surface area contributed by atoms with Crippen LogP contribution in [0.25, 0.3) is 0 Å². The number of benzene rings is 1. The number of anilines is 1. The largest absolute Gasteiger partial charge is 0.497 e. The summed E-state index contributed by atoms with van der Waals surface area (Å²) in [5, 5.41) is 5.42. The Bertz CT molecular complexity index is 574. The van der Waals surface area contributed by atoms with Crippen LogP contribution in [0.2, 0.25) is 0 Å². The molecule has 126 valence electrons. The summed E-state index contributed by atoms with van der Waals surface area (Å²) in [7, 11) is 3.04. The molecule has 0 spiro atoms. The highest BCUT2D eigenvalue weighted by Crippen LogP contribution is 2.29. The molecule has 0 unspecified atom stereocenters. The molecule has 1 aliphatic carbocycles. The van der Waals surface area contributed by atoms with Gasteiger partial charge in [0.15, 0.2) is 0 Å². The summed E-state index contributed by atoms with van der Waals surface area (Å²) in [5.41, 5.74) is 0.435. The van der Waals surface area contributed by atoms with Crippen LogP contribution in [-0.4, -0.2) is 32.1 Å². The van der Waals surface area contributed by atoms with Gasteiger partial charge in [0.1, 0.15) is 11.5 Å². The van der Waals surface area contributed by atoms with Crippen molar-refractivity contribution < 1.29 is 19.1 Å². The zero-order valence-electron chi connectivity index (χ0n) is 13.8. The lowest BCUT2D eigenvalue weighted by Gasteiger charge is -2.29. The minimum absolute atomic E-state index is 0.0692. The Hall–Kier alpha value is -2.24. The van der Waals surface area contributed by atoms with Gasteiger partial charge in [-0.3, -0.25) is 9.59 Å². The molecule has 0 heterocycles. The minimum atomic E-state index is -0.689. The Morgan fingerprint density at radius 3 is 2.48 bits per heavy atom. The standard InChI is InChI=1S/C17H24N2O4/c1-11-6-4-5-7-13(11)18-16(20)17(21)19-14-9-8-12(22-2)10-15(14)23-3/h8-11,13H,4-7H2,1-3H3,(H,18,20)(H,19,21)/t11-,13-/m0/s1. The van der Waals surface area contributed by atoms with Gasteiger partial charge in [0.2, 0.25) is 0 Å². The molecule has 0 aliphatic heterocycles. The number of hydrogen-bond donors (Lipinski definition) is 2. The highest BCUT2D eigenvalue weighted by atomic mass is 16.5. The van der Waals surface area contributed by atoms with Crippen LogP contribution in [0.4, 0.5) is 5.69 Å². The summed E-state index contributed by atoms with van der Waals surface area (Å²) in [4.78, 5) is 24.2. The number of ether oxygens (including phenoxy) is 2. The number of rotatable bonds is 4. The van der Waals surface area contributed by atoms with Crippen LogP contribution in [-0.2, 0) is 9.59 Å². The number of nitrogens with one attached hydrogen (secondary N) is 2. The van der Waals surface area contributed by atoms with Crippen molar-refractivity contribution in [2.75, 3.05) is 19.5 Å². The first-order valence-corrected chi connectivity index (χ1v) is 7.89. The monoisotopic (exact) mass is 320 g/mol. The van der Waals surface area contributed by atoms with Crippen molar-refractivity contribution in [3.05, 3.63) is 18.2 Å². The fourth-order valence-electron chi connectivity index (χ4n) is 2.85. The molecule has 2 atom stereocenters. The molecular weight excluding hydrogens is 296 g/mol. The Morgan fingerprint density at radius 2 is 1.83 bits per heavy atom. The first kappa shape index (κ1) is 17.1. The quantitative estimate of drug-likeness (QED) is 0.835. The fourth-order valence-corrected chi connectivity index (χ4v) is 2.85. The fraction of sp³-hybridized carbons (Fsp3) is 0.529. The van der Waals surface area contributed by atoms with Crippen molar-refractivity contribution in [1.82, 2.24) is 5.32 Å². The van der Waals surface area contributed by atoms with Crippen LogP contribution in [0, 0.1) is 5.92 Å². The molecule has 6 nitrogen and oxygen atoms in total. The second-order valence-electron chi connectivity index (χ2n) is 5.86. The first-order valence-electron chi connectivity index (χ1n) is 7.89. The van der Waals surface area contributed by atoms with E-state index in [1.54, 1.807) is 25.3 Å². The van der Waals surface area contributed by atoms with E-state index in [-0.39, 0.29) is 6.04 Å². The van der Waals surface area contributed by atoms with Crippen LogP contribution in [0.1, 0.15) is 32.6 Å². The van der Waals surface area contributed by atoms with Crippen LogP contribution >= 0.6 is 0 Å². The van der Waals surface area contributed by atoms with Crippen LogP contribution in [0.15, 0.2) is 18.2 Å². The molecule has 0 bridgehead atoms. The molecule has 1 saturated carbocycles. The molecule has 0 saturated heterocycles. The summed E-state index contributed by atoms with van der Waals surface area (Å²) in [6.45, 7) is 2.11. The van der Waals surface area contributed by atoms with E-state index in [0.717, 1.165) is 19.3 Å². The third-order valence-corrected chi connectivity index (χ3v) is 4.29. The van der Waals surface area contributed by atoms with Crippen molar-refractivity contribution in [2.45, 2.75) is 38.6 Å². The lowest BCUT2D eigenvalue weighted by Crippen LogP contribution is -2.45. The summed E-state index contributed by atoms with van der Waals surface area (Å²) >= 11 is 0. The zero-order chi connectivity index (χ0) is 16.8. The maximum Gasteiger partial charge on any atom is 0.313 e. The predicted molar refractivity (Wildman–Crippen MR) is 87.7 cm³/mol. The van der Waals surface area contributed by atoms with E-state index in [1.807, 2.05) is 0 Å². The molecule has 0 aromatic heterocycles. The van der Waals surface area contributed by atoms with Gasteiger partial charge in [-0.15, -0.1) is 0 Å². The van der Waals surface area contributed by atoms with Gasteiger partial charge in [0.25, 0.3) is 0 Å². The molecule has 1 aromatic rings. The average molecular weight is 320 g/mol. The summed E-state index contributed by atoms with van der Waals surface area (Å²) in [6.07, 6.45) is 4.27. The SMILES string of the molecule is COc1ccc(NC(=O)C(=O)N[C@H]2CCCC[C@@H]2C)c(OC)c1. The Morgan fingerprint density at radius 1 is 1.09 bits per heavy atom. The molecule has 6 heteroatoms. The molecule has 2 N–H and O–H groups in total. The second kappa shape index (κ2) is 7.85. The molecule has 1 fully saturated rings. The summed E-state index contributed by atoms with van der Waals surface area (Å²) in [6, 6.07) is 5.06. The zero-order valence-corrected chi connectivity index (χ0v) is 13.8. The topological polar surface area (TPSA) is 76.7 Å². The molecule has 1 aliphatic rings. The second-order valence-corrected chi connectivity index (χ2v) is 5.86. The van der Waals surface area contributed by atoms with E-state index in [4.69, 9.17) is 9.47 Å². The van der Waals surface area contributed by atoms with Crippen LogP contribution in [0.5, 0.6) is 11.5 Å². The van der Waals surface area contributed by atoms with Crippen molar-refractivity contribution in [3.8, 4) is 11.5 Å². The van der Waals surface area contributed by atoms with E-state index in [9.17, 15) is 9.59 Å². The number of hydrogen-bond acceptors (Lipinski definition) is 4. The molecule has 0 radical (unpaired) electrons. The summed E-state index contributed by atoms with van der Waals surface area (Å²) in [5.74, 6) is 0.153. The van der Waals surface area contributed by atoms with E-state index >= 15 is 0 Å². The number of carbonyl (C=O) groups excluding carboxylic acids is 2. The van der Waals surface area contributed by atoms with Crippen molar-refractivity contribution in [1.29, 1.82) is 0 Å². The number of amides is 2. The molecule has 2 rings (SSSR count). The van der Waals surface area contributed by atoms with Gasteiger partial charge in [-0.2, -0.15) is 0 Å². The van der Waals surface area contributed by atoms with Gasteiger partial charge in [0.05, 0.1) is 19.9 Å². The molecule has 1 aromatic carbocycles. The first-order chi connectivity index (χ1) is 11.0. The highest BCUT2D eigenvalue weighted by Gasteiger charge is 2.25. The van der Waals surface area contributed by atoms with Crippen molar-refractivity contribution in [2.24, 2.45) is 5.92 Å². The Labute approximate surface area is 136 Å². The number of carbonyl (C=O) groups is 2. The third kappa shape index (κ3) is 4.37. The van der Waals surface area contributed by atoms with E-state index in [1.165, 1.54) is 13.5 Å². The molecular formula is C17H24N2O4.